The summed E-state index contributed by atoms with van der Waals surface area (Å²) in [5.41, 5.74) is 3.43. The Morgan fingerprint density at radius 3 is 2.38 bits per heavy atom. The van der Waals surface area contributed by atoms with Gasteiger partial charge in [0.15, 0.2) is 0 Å². The van der Waals surface area contributed by atoms with Crippen LogP contribution < -0.4 is 10.2 Å². The van der Waals surface area contributed by atoms with Crippen LogP contribution in [0, 0.1) is 0 Å². The molecule has 2 saturated heterocycles. The van der Waals surface area contributed by atoms with E-state index in [1.807, 2.05) is 0 Å². The maximum absolute atomic E-state index is 12.8. The molecule has 0 aromatic heterocycles. The Morgan fingerprint density at radius 1 is 0.966 bits per heavy atom. The second-order valence-electron chi connectivity index (χ2n) is 7.79. The molecule has 0 saturated carbocycles. The molecule has 6 heteroatoms. The lowest BCUT2D eigenvalue weighted by Crippen LogP contribution is -2.29. The van der Waals surface area contributed by atoms with Crippen molar-refractivity contribution in [1.29, 1.82) is 0 Å². The summed E-state index contributed by atoms with van der Waals surface area (Å²) in [4.78, 5) is 29.1. The van der Waals surface area contributed by atoms with E-state index < -0.39 is 0 Å². The van der Waals surface area contributed by atoms with E-state index in [-0.39, 0.29) is 11.8 Å². The summed E-state index contributed by atoms with van der Waals surface area (Å²) in [7, 11) is 0. The monoisotopic (exact) mass is 411 g/mol. The normalized spacial score (nSPS) is 17.1. The Kier molecular flexibility index (Phi) is 6.16. The molecular formula is C23H26ClN3O2. The fraction of sp³-hybridized carbons (Fsp3) is 0.391. The average molecular weight is 412 g/mol. The van der Waals surface area contributed by atoms with Crippen molar-refractivity contribution in [3.63, 3.8) is 0 Å². The first-order chi connectivity index (χ1) is 14.1. The largest absolute Gasteiger partial charge is 0.348 e. The van der Waals surface area contributed by atoms with Crippen LogP contribution in [0.5, 0.6) is 0 Å². The highest BCUT2D eigenvalue weighted by atomic mass is 35.5. The molecular weight excluding hydrogens is 386 g/mol. The number of likely N-dealkylation sites (tertiary alicyclic amines) is 1. The van der Waals surface area contributed by atoms with E-state index in [4.69, 9.17) is 11.6 Å². The predicted molar refractivity (Wildman–Crippen MR) is 115 cm³/mol. The second kappa shape index (κ2) is 8.97. The van der Waals surface area contributed by atoms with Crippen LogP contribution in [-0.4, -0.2) is 36.3 Å². The first-order valence-corrected chi connectivity index (χ1v) is 10.7. The molecule has 2 aliphatic heterocycles. The lowest BCUT2D eigenvalue weighted by molar-refractivity contribution is -0.117. The Hall–Kier alpha value is -2.37. The summed E-state index contributed by atoms with van der Waals surface area (Å²) in [5, 5.41) is 3.49. The highest BCUT2D eigenvalue weighted by Gasteiger charge is 2.26. The number of hydrogen-bond donors (Lipinski definition) is 1. The van der Waals surface area contributed by atoms with Gasteiger partial charge >= 0.3 is 0 Å². The van der Waals surface area contributed by atoms with Crippen LogP contribution in [0.2, 0.25) is 5.02 Å². The van der Waals surface area contributed by atoms with Crippen molar-refractivity contribution in [3.05, 3.63) is 64.2 Å². The molecule has 0 radical (unpaired) electrons. The van der Waals surface area contributed by atoms with Crippen molar-refractivity contribution in [3.8, 4) is 0 Å². The van der Waals surface area contributed by atoms with E-state index in [9.17, 15) is 9.59 Å². The Labute approximate surface area is 176 Å². The average Bonchev–Trinajstić information content (AvgIpc) is 3.38. The number of halogens is 1. The van der Waals surface area contributed by atoms with Gasteiger partial charge < -0.3 is 10.2 Å². The molecule has 2 aromatic rings. The predicted octanol–water partition coefficient (Wildman–Crippen LogP) is 3.99. The number of carbonyl (C=O) groups excluding carboxylic acids is 2. The van der Waals surface area contributed by atoms with Crippen LogP contribution in [0.4, 0.5) is 5.69 Å². The Balaban J connectivity index is 1.40. The number of carbonyl (C=O) groups is 2. The van der Waals surface area contributed by atoms with Crippen molar-refractivity contribution in [1.82, 2.24) is 10.2 Å². The van der Waals surface area contributed by atoms with Gasteiger partial charge in [0, 0.05) is 31.1 Å². The zero-order chi connectivity index (χ0) is 20.2. The van der Waals surface area contributed by atoms with Gasteiger partial charge in [-0.2, -0.15) is 0 Å². The quantitative estimate of drug-likeness (QED) is 0.781. The molecule has 0 atom stereocenters. The van der Waals surface area contributed by atoms with E-state index in [0.717, 1.165) is 18.5 Å². The van der Waals surface area contributed by atoms with Crippen LogP contribution in [-0.2, 0) is 17.9 Å². The molecule has 0 unspecified atom stereocenters. The van der Waals surface area contributed by atoms with Gasteiger partial charge in [0.05, 0.1) is 11.3 Å². The van der Waals surface area contributed by atoms with Gasteiger partial charge in [0.25, 0.3) is 5.91 Å². The van der Waals surface area contributed by atoms with Crippen LogP contribution in [0.25, 0.3) is 0 Å². The van der Waals surface area contributed by atoms with Crippen molar-refractivity contribution >= 4 is 29.1 Å². The molecule has 2 heterocycles. The zero-order valence-corrected chi connectivity index (χ0v) is 17.3. The van der Waals surface area contributed by atoms with Crippen LogP contribution >= 0.6 is 11.6 Å². The van der Waals surface area contributed by atoms with Crippen LogP contribution in [0.15, 0.2) is 42.5 Å². The van der Waals surface area contributed by atoms with E-state index in [1.54, 1.807) is 23.1 Å². The summed E-state index contributed by atoms with van der Waals surface area (Å²) in [6.45, 7) is 4.42. The highest BCUT2D eigenvalue weighted by Crippen LogP contribution is 2.28. The topological polar surface area (TPSA) is 52.7 Å². The van der Waals surface area contributed by atoms with Crippen molar-refractivity contribution in [2.24, 2.45) is 0 Å². The number of anilines is 1. The van der Waals surface area contributed by atoms with Crippen molar-refractivity contribution in [2.45, 2.75) is 38.8 Å². The summed E-state index contributed by atoms with van der Waals surface area (Å²) in [6, 6.07) is 13.5. The summed E-state index contributed by atoms with van der Waals surface area (Å²) >= 11 is 6.12. The molecule has 0 spiro atoms. The Bertz CT molecular complexity index is 891. The molecule has 0 bridgehead atoms. The van der Waals surface area contributed by atoms with Gasteiger partial charge in [-0.25, -0.2) is 0 Å². The lowest BCUT2D eigenvalue weighted by atomic mass is 10.1. The SMILES string of the molecule is O=C(NCc1ccc(CN2CCCC2)cc1)c1ccc(Cl)cc1N1CCCC1=O. The minimum Gasteiger partial charge on any atom is -0.348 e. The maximum Gasteiger partial charge on any atom is 0.253 e. The molecule has 4 rings (SSSR count). The van der Waals surface area contributed by atoms with Crippen LogP contribution in [0.1, 0.15) is 47.2 Å². The molecule has 2 amide bonds. The molecule has 29 heavy (non-hydrogen) atoms. The molecule has 2 fully saturated rings. The first kappa shape index (κ1) is 19.9. The van der Waals surface area contributed by atoms with E-state index >= 15 is 0 Å². The van der Waals surface area contributed by atoms with Crippen LogP contribution in [0.3, 0.4) is 0 Å². The van der Waals surface area contributed by atoms with Gasteiger partial charge in [-0.3, -0.25) is 14.5 Å². The molecule has 1 N–H and O–H groups in total. The minimum atomic E-state index is -0.197. The van der Waals surface area contributed by atoms with Gasteiger partial charge in [-0.15, -0.1) is 0 Å². The van der Waals surface area contributed by atoms with Gasteiger partial charge in [0.1, 0.15) is 0 Å². The van der Waals surface area contributed by atoms with Crippen molar-refractivity contribution < 1.29 is 9.59 Å². The highest BCUT2D eigenvalue weighted by molar-refractivity contribution is 6.31. The molecule has 0 aliphatic carbocycles. The van der Waals surface area contributed by atoms with E-state index in [2.05, 4.69) is 34.5 Å². The number of rotatable bonds is 6. The molecule has 2 aliphatic rings. The lowest BCUT2D eigenvalue weighted by Gasteiger charge is -2.20. The van der Waals surface area contributed by atoms with Gasteiger partial charge in [-0.05, 0) is 61.7 Å². The summed E-state index contributed by atoms with van der Waals surface area (Å²) in [6.07, 6.45) is 3.90. The summed E-state index contributed by atoms with van der Waals surface area (Å²) in [5.74, 6) is -0.160. The minimum absolute atomic E-state index is 0.0370. The number of amides is 2. The van der Waals surface area contributed by atoms with Gasteiger partial charge in [-0.1, -0.05) is 35.9 Å². The third-order valence-electron chi connectivity index (χ3n) is 5.65. The van der Waals surface area contributed by atoms with E-state index in [0.29, 0.717) is 35.8 Å². The standard InChI is InChI=1S/C23H26ClN3O2/c24-19-9-10-20(21(14-19)27-13-3-4-22(27)28)23(29)25-15-17-5-7-18(8-6-17)16-26-11-1-2-12-26/h5-10,14H,1-4,11-13,15-16H2,(H,25,29). The smallest absolute Gasteiger partial charge is 0.253 e. The molecule has 5 nitrogen and oxygen atoms in total. The fourth-order valence-corrected chi connectivity index (χ4v) is 4.23. The number of nitrogens with zero attached hydrogens (tertiary/aromatic N) is 2. The summed E-state index contributed by atoms with van der Waals surface area (Å²) < 4.78 is 0. The van der Waals surface area contributed by atoms with Gasteiger partial charge in [0.2, 0.25) is 5.91 Å². The maximum atomic E-state index is 12.8. The molecule has 152 valence electrons. The zero-order valence-electron chi connectivity index (χ0n) is 16.5. The first-order valence-electron chi connectivity index (χ1n) is 10.3. The fourth-order valence-electron chi connectivity index (χ4n) is 4.06. The third kappa shape index (κ3) is 4.80. The number of benzene rings is 2. The second-order valence-corrected chi connectivity index (χ2v) is 8.23. The van der Waals surface area contributed by atoms with E-state index in [1.165, 1.54) is 31.5 Å². The third-order valence-corrected chi connectivity index (χ3v) is 5.88. The Morgan fingerprint density at radius 2 is 1.69 bits per heavy atom. The number of nitrogens with one attached hydrogen (secondary N) is 1. The van der Waals surface area contributed by atoms with Crippen molar-refractivity contribution in [2.75, 3.05) is 24.5 Å². The molecule has 2 aromatic carbocycles. The number of hydrogen-bond acceptors (Lipinski definition) is 3.